The summed E-state index contributed by atoms with van der Waals surface area (Å²) in [7, 11) is 0. The van der Waals surface area contributed by atoms with Gasteiger partial charge in [0.15, 0.2) is 0 Å². The molecule has 1 saturated heterocycles. The molecule has 1 saturated carbocycles. The topological polar surface area (TPSA) is 117 Å². The minimum atomic E-state index is -0.550. The summed E-state index contributed by atoms with van der Waals surface area (Å²) in [5, 5.41) is 11.5. The third kappa shape index (κ3) is 6.21. The van der Waals surface area contributed by atoms with Crippen molar-refractivity contribution in [1.29, 1.82) is 0 Å². The zero-order valence-corrected chi connectivity index (χ0v) is 23.8. The van der Waals surface area contributed by atoms with E-state index in [1.54, 1.807) is 17.1 Å². The van der Waals surface area contributed by atoms with Gasteiger partial charge in [0.25, 0.3) is 5.91 Å². The number of benzene rings is 1. The lowest BCUT2D eigenvalue weighted by Gasteiger charge is -2.36. The Morgan fingerprint density at radius 2 is 1.93 bits per heavy atom. The normalized spacial score (nSPS) is 17.4. The summed E-state index contributed by atoms with van der Waals surface area (Å²) in [6, 6.07) is 9.99. The van der Waals surface area contributed by atoms with E-state index in [0.29, 0.717) is 30.3 Å². The Labute approximate surface area is 239 Å². The predicted octanol–water partition coefficient (Wildman–Crippen LogP) is 5.43. The first-order chi connectivity index (χ1) is 19.7. The van der Waals surface area contributed by atoms with Crippen LogP contribution in [-0.2, 0) is 11.3 Å². The molecule has 1 aromatic carbocycles. The van der Waals surface area contributed by atoms with Gasteiger partial charge in [-0.15, -0.1) is 0 Å². The first-order valence-electron chi connectivity index (χ1n) is 14.4. The molecule has 0 spiro atoms. The van der Waals surface area contributed by atoms with Gasteiger partial charge in [0, 0.05) is 37.7 Å². The van der Waals surface area contributed by atoms with Crippen molar-refractivity contribution in [3.8, 4) is 0 Å². The van der Waals surface area contributed by atoms with Gasteiger partial charge in [0.05, 0.1) is 35.1 Å². The van der Waals surface area contributed by atoms with Crippen LogP contribution in [0.2, 0.25) is 0 Å². The molecule has 0 radical (unpaired) electrons. The lowest BCUT2D eigenvalue weighted by molar-refractivity contribution is 0.0500. The van der Waals surface area contributed by atoms with Crippen LogP contribution in [0.25, 0.3) is 11.0 Å². The average Bonchev–Trinajstić information content (AvgIpc) is 3.54. The first kappa shape index (κ1) is 26.9. The second-order valence-electron chi connectivity index (χ2n) is 12.1. The summed E-state index contributed by atoms with van der Waals surface area (Å²) < 4.78 is 7.28. The molecule has 1 atom stereocenters. The minimum absolute atomic E-state index is 0.0405. The van der Waals surface area contributed by atoms with Crippen LogP contribution in [0.15, 0.2) is 55.1 Å². The van der Waals surface area contributed by atoms with E-state index < -0.39 is 11.7 Å². The van der Waals surface area contributed by atoms with Gasteiger partial charge < -0.3 is 25.3 Å². The van der Waals surface area contributed by atoms with Crippen molar-refractivity contribution in [1.82, 2.24) is 25.1 Å². The number of hydrogen-bond acceptors (Lipinski definition) is 6. The highest BCUT2D eigenvalue weighted by atomic mass is 16.6. The van der Waals surface area contributed by atoms with E-state index in [1.807, 2.05) is 63.5 Å². The number of anilines is 2. The van der Waals surface area contributed by atoms with E-state index in [0.717, 1.165) is 54.5 Å². The number of nitrogens with one attached hydrogen (secondary N) is 3. The molecule has 4 heterocycles. The fraction of sp³-hybridized carbons (Fsp3) is 0.419. The first-order valence-corrected chi connectivity index (χ1v) is 14.4. The SMILES string of the molecule is CC(C)(C)OC(=O)NC1CCCN(c2c(C3CC3)cnc3[nH]cc(NC(=O)c4cnn(Cc5ccccc5)c4)c23)C1. The van der Waals surface area contributed by atoms with Gasteiger partial charge in [-0.1, -0.05) is 30.3 Å². The van der Waals surface area contributed by atoms with Crippen LogP contribution in [-0.4, -0.2) is 56.5 Å². The van der Waals surface area contributed by atoms with Crippen LogP contribution in [0.5, 0.6) is 0 Å². The predicted molar refractivity (Wildman–Crippen MR) is 158 cm³/mol. The van der Waals surface area contributed by atoms with Crippen LogP contribution < -0.4 is 15.5 Å². The molecule has 41 heavy (non-hydrogen) atoms. The molecule has 10 nitrogen and oxygen atoms in total. The molecule has 4 aromatic rings. The van der Waals surface area contributed by atoms with Crippen LogP contribution in [0.4, 0.5) is 16.2 Å². The number of carbonyl (C=O) groups is 2. The van der Waals surface area contributed by atoms with Gasteiger partial charge in [-0.3, -0.25) is 9.48 Å². The quantitative estimate of drug-likeness (QED) is 0.280. The van der Waals surface area contributed by atoms with Crippen molar-refractivity contribution in [2.24, 2.45) is 0 Å². The number of alkyl carbamates (subject to hydrolysis) is 1. The van der Waals surface area contributed by atoms with Crippen LogP contribution in [0.1, 0.15) is 73.9 Å². The average molecular weight is 556 g/mol. The van der Waals surface area contributed by atoms with Crippen molar-refractivity contribution in [3.63, 3.8) is 0 Å². The van der Waals surface area contributed by atoms with E-state index in [4.69, 9.17) is 9.72 Å². The van der Waals surface area contributed by atoms with Crippen molar-refractivity contribution in [3.05, 3.63) is 71.8 Å². The number of rotatable bonds is 7. The van der Waals surface area contributed by atoms with Crippen molar-refractivity contribution in [2.75, 3.05) is 23.3 Å². The summed E-state index contributed by atoms with van der Waals surface area (Å²) in [6.07, 6.45) is 10.8. The Morgan fingerprint density at radius 3 is 2.68 bits per heavy atom. The number of piperidine rings is 1. The van der Waals surface area contributed by atoms with Crippen molar-refractivity contribution < 1.29 is 14.3 Å². The van der Waals surface area contributed by atoms with Gasteiger partial charge in [-0.2, -0.15) is 5.10 Å². The highest BCUT2D eigenvalue weighted by molar-refractivity contribution is 6.11. The summed E-state index contributed by atoms with van der Waals surface area (Å²) in [5.74, 6) is 0.229. The van der Waals surface area contributed by atoms with E-state index in [1.165, 1.54) is 5.56 Å². The lowest BCUT2D eigenvalue weighted by Crippen LogP contribution is -2.49. The number of carbonyl (C=O) groups excluding carboxylic acids is 2. The Bertz CT molecular complexity index is 1550. The second-order valence-corrected chi connectivity index (χ2v) is 12.1. The number of fused-ring (bicyclic) bond motifs is 1. The molecular weight excluding hydrogens is 518 g/mol. The molecule has 2 fully saturated rings. The molecule has 6 rings (SSSR count). The number of hydrogen-bond donors (Lipinski definition) is 3. The van der Waals surface area contributed by atoms with Gasteiger partial charge in [-0.25, -0.2) is 9.78 Å². The second kappa shape index (κ2) is 10.9. The van der Waals surface area contributed by atoms with Crippen LogP contribution in [0.3, 0.4) is 0 Å². The van der Waals surface area contributed by atoms with Crippen LogP contribution in [0, 0.1) is 0 Å². The van der Waals surface area contributed by atoms with Gasteiger partial charge in [0.1, 0.15) is 11.2 Å². The van der Waals surface area contributed by atoms with Crippen molar-refractivity contribution in [2.45, 2.75) is 70.6 Å². The molecule has 2 amide bonds. The molecule has 1 unspecified atom stereocenters. The summed E-state index contributed by atoms with van der Waals surface area (Å²) in [6.45, 7) is 7.70. The zero-order valence-electron chi connectivity index (χ0n) is 23.8. The number of ether oxygens (including phenoxy) is 1. The largest absolute Gasteiger partial charge is 0.444 e. The minimum Gasteiger partial charge on any atom is -0.444 e. The maximum absolute atomic E-state index is 13.4. The number of H-pyrrole nitrogens is 1. The maximum Gasteiger partial charge on any atom is 0.407 e. The summed E-state index contributed by atoms with van der Waals surface area (Å²) in [5.41, 5.74) is 4.75. The third-order valence-corrected chi connectivity index (χ3v) is 7.51. The zero-order chi connectivity index (χ0) is 28.6. The molecule has 1 aliphatic heterocycles. The van der Waals surface area contributed by atoms with Gasteiger partial charge in [-0.05, 0) is 63.5 Å². The summed E-state index contributed by atoms with van der Waals surface area (Å²) in [4.78, 5) is 36.2. The number of aromatic nitrogens is 4. The maximum atomic E-state index is 13.4. The van der Waals surface area contributed by atoms with Gasteiger partial charge in [0.2, 0.25) is 0 Å². The molecule has 3 aromatic heterocycles. The Morgan fingerprint density at radius 1 is 1.12 bits per heavy atom. The summed E-state index contributed by atoms with van der Waals surface area (Å²) >= 11 is 0. The number of aromatic amines is 1. The van der Waals surface area contributed by atoms with E-state index >= 15 is 0 Å². The van der Waals surface area contributed by atoms with E-state index in [-0.39, 0.29) is 11.9 Å². The van der Waals surface area contributed by atoms with Crippen LogP contribution >= 0.6 is 0 Å². The molecular formula is C31H37N7O3. The Balaban J connectivity index is 1.25. The van der Waals surface area contributed by atoms with E-state index in [2.05, 4.69) is 25.6 Å². The molecule has 214 valence electrons. The molecule has 0 bridgehead atoms. The smallest absolute Gasteiger partial charge is 0.407 e. The standard InChI is InChI=1S/C31H37N7O3/c1-31(2,3)41-30(40)35-23-10-7-13-37(19-23)27-24(21-11-12-21)15-32-28-26(27)25(16-33-28)36-29(39)22-14-34-38(18-22)17-20-8-5-4-6-9-20/h4-6,8-9,14-16,18,21,23H,7,10-13,17,19H2,1-3H3,(H,32,33)(H,35,40)(H,36,39). The monoisotopic (exact) mass is 555 g/mol. The fourth-order valence-corrected chi connectivity index (χ4v) is 5.53. The Kier molecular flexibility index (Phi) is 7.15. The van der Waals surface area contributed by atoms with E-state index in [9.17, 15) is 9.59 Å². The molecule has 2 aliphatic rings. The molecule has 10 heteroatoms. The highest BCUT2D eigenvalue weighted by Gasteiger charge is 2.33. The van der Waals surface area contributed by atoms with Gasteiger partial charge >= 0.3 is 6.09 Å². The molecule has 3 N–H and O–H groups in total. The number of amides is 2. The number of pyridine rings is 1. The fourth-order valence-electron chi connectivity index (χ4n) is 5.53. The van der Waals surface area contributed by atoms with Crippen molar-refractivity contribution >= 4 is 34.4 Å². The molecule has 1 aliphatic carbocycles. The third-order valence-electron chi connectivity index (χ3n) is 7.51. The number of nitrogens with zero attached hydrogens (tertiary/aromatic N) is 4. The highest BCUT2D eigenvalue weighted by Crippen LogP contribution is 2.48. The lowest BCUT2D eigenvalue weighted by atomic mass is 10.0. The Hall–Kier alpha value is -4.34.